The highest BCUT2D eigenvalue weighted by atomic mass is 16.5. The van der Waals surface area contributed by atoms with Gasteiger partial charge in [0.05, 0.1) is 6.61 Å². The summed E-state index contributed by atoms with van der Waals surface area (Å²) in [5, 5.41) is 8.98. The number of para-hydroxylation sites is 1. The molecule has 2 rings (SSSR count). The van der Waals surface area contributed by atoms with Crippen molar-refractivity contribution in [3.63, 3.8) is 0 Å². The van der Waals surface area contributed by atoms with Gasteiger partial charge in [-0.1, -0.05) is 25.1 Å². The van der Waals surface area contributed by atoms with Gasteiger partial charge < -0.3 is 9.84 Å². The molecule has 0 aromatic heterocycles. The zero-order chi connectivity index (χ0) is 8.55. The van der Waals surface area contributed by atoms with Crippen LogP contribution in [0.25, 0.3) is 0 Å². The Morgan fingerprint density at radius 2 is 2.17 bits per heavy atom. The summed E-state index contributed by atoms with van der Waals surface area (Å²) in [6.45, 7) is 2.17. The molecule has 0 amide bonds. The van der Waals surface area contributed by atoms with Gasteiger partial charge in [-0.3, -0.25) is 0 Å². The summed E-state index contributed by atoms with van der Waals surface area (Å²) >= 11 is 0. The molecule has 64 valence electrons. The molecule has 2 heteroatoms. The minimum Gasteiger partial charge on any atom is -0.487 e. The second-order valence-electron chi connectivity index (χ2n) is 3.17. The maximum atomic E-state index is 8.98. The molecule has 2 unspecified atom stereocenters. The number of fused-ring (bicyclic) bond motifs is 1. The van der Waals surface area contributed by atoms with Crippen molar-refractivity contribution < 1.29 is 9.84 Å². The van der Waals surface area contributed by atoms with Gasteiger partial charge in [-0.05, 0) is 6.07 Å². The van der Waals surface area contributed by atoms with Gasteiger partial charge in [0.1, 0.15) is 11.9 Å². The van der Waals surface area contributed by atoms with Gasteiger partial charge in [0.25, 0.3) is 0 Å². The Balaban J connectivity index is 2.35. The van der Waals surface area contributed by atoms with Gasteiger partial charge in [-0.2, -0.15) is 0 Å². The molecule has 0 aliphatic carbocycles. The fourth-order valence-corrected chi connectivity index (χ4v) is 1.62. The number of aliphatic hydroxyl groups excluding tert-OH is 1. The number of ether oxygens (including phenoxy) is 1. The molecule has 0 spiro atoms. The molecular formula is C10H12O2. The number of aliphatic hydroxyl groups is 1. The molecule has 2 atom stereocenters. The molecule has 1 heterocycles. The summed E-state index contributed by atoms with van der Waals surface area (Å²) in [6, 6.07) is 7.95. The van der Waals surface area contributed by atoms with Crippen LogP contribution in [-0.4, -0.2) is 17.8 Å². The van der Waals surface area contributed by atoms with Crippen LogP contribution in [0, 0.1) is 0 Å². The topological polar surface area (TPSA) is 29.5 Å². The number of hydrogen-bond donors (Lipinski definition) is 1. The Hall–Kier alpha value is -1.02. The molecule has 12 heavy (non-hydrogen) atoms. The summed E-state index contributed by atoms with van der Waals surface area (Å²) in [6.07, 6.45) is -0.0533. The molecule has 2 nitrogen and oxygen atoms in total. The molecule has 1 aromatic rings. The molecule has 1 aliphatic heterocycles. The van der Waals surface area contributed by atoms with E-state index in [1.54, 1.807) is 0 Å². The second kappa shape index (κ2) is 2.79. The zero-order valence-corrected chi connectivity index (χ0v) is 7.03. The predicted molar refractivity (Wildman–Crippen MR) is 46.4 cm³/mol. The van der Waals surface area contributed by atoms with E-state index in [1.165, 1.54) is 5.56 Å². The highest BCUT2D eigenvalue weighted by Gasteiger charge is 2.29. The first kappa shape index (κ1) is 7.62. The third-order valence-corrected chi connectivity index (χ3v) is 2.43. The van der Waals surface area contributed by atoms with E-state index in [-0.39, 0.29) is 12.7 Å². The Kier molecular flexibility index (Phi) is 1.77. The van der Waals surface area contributed by atoms with Crippen molar-refractivity contribution in [3.05, 3.63) is 29.8 Å². The van der Waals surface area contributed by atoms with Crippen LogP contribution >= 0.6 is 0 Å². The van der Waals surface area contributed by atoms with E-state index in [9.17, 15) is 0 Å². The molecule has 1 aromatic carbocycles. The highest BCUT2D eigenvalue weighted by molar-refractivity contribution is 5.40. The Morgan fingerprint density at radius 3 is 2.83 bits per heavy atom. The van der Waals surface area contributed by atoms with Crippen LogP contribution in [0.1, 0.15) is 18.4 Å². The Bertz CT molecular complexity index is 283. The van der Waals surface area contributed by atoms with E-state index in [4.69, 9.17) is 9.84 Å². The van der Waals surface area contributed by atoms with E-state index in [0.29, 0.717) is 5.92 Å². The molecule has 1 aliphatic rings. The number of hydrogen-bond acceptors (Lipinski definition) is 2. The smallest absolute Gasteiger partial charge is 0.128 e. The van der Waals surface area contributed by atoms with Crippen molar-refractivity contribution in [2.45, 2.75) is 18.9 Å². The van der Waals surface area contributed by atoms with Crippen molar-refractivity contribution >= 4 is 0 Å². The van der Waals surface area contributed by atoms with E-state index >= 15 is 0 Å². The van der Waals surface area contributed by atoms with Crippen LogP contribution in [0.15, 0.2) is 24.3 Å². The molecule has 0 saturated heterocycles. The average Bonchev–Trinajstić information content (AvgIpc) is 2.44. The van der Waals surface area contributed by atoms with Gasteiger partial charge in [0, 0.05) is 11.5 Å². The Morgan fingerprint density at radius 1 is 1.42 bits per heavy atom. The fraction of sp³-hybridized carbons (Fsp3) is 0.400. The first-order chi connectivity index (χ1) is 5.83. The number of rotatable bonds is 1. The summed E-state index contributed by atoms with van der Waals surface area (Å²) in [7, 11) is 0. The Labute approximate surface area is 71.8 Å². The third kappa shape index (κ3) is 0.994. The van der Waals surface area contributed by atoms with Crippen LogP contribution in [-0.2, 0) is 0 Å². The zero-order valence-electron chi connectivity index (χ0n) is 7.03. The van der Waals surface area contributed by atoms with E-state index < -0.39 is 0 Å². The average molecular weight is 164 g/mol. The normalized spacial score (nSPS) is 26.5. The molecule has 1 N–H and O–H groups in total. The maximum absolute atomic E-state index is 8.98. The first-order valence-corrected chi connectivity index (χ1v) is 4.19. The molecular weight excluding hydrogens is 152 g/mol. The SMILES string of the molecule is CC1c2ccccc2OC1CO. The summed E-state index contributed by atoms with van der Waals surface area (Å²) in [5.41, 5.74) is 1.21. The lowest BCUT2D eigenvalue weighted by atomic mass is 9.98. The first-order valence-electron chi connectivity index (χ1n) is 4.19. The lowest BCUT2D eigenvalue weighted by Gasteiger charge is -2.10. The van der Waals surface area contributed by atoms with Crippen LogP contribution in [0.4, 0.5) is 0 Å². The van der Waals surface area contributed by atoms with E-state index in [0.717, 1.165) is 5.75 Å². The quantitative estimate of drug-likeness (QED) is 0.682. The molecule has 0 saturated carbocycles. The minimum absolute atomic E-state index is 0.0533. The van der Waals surface area contributed by atoms with Gasteiger partial charge in [-0.15, -0.1) is 0 Å². The van der Waals surface area contributed by atoms with E-state index in [1.807, 2.05) is 18.2 Å². The van der Waals surface area contributed by atoms with Crippen molar-refractivity contribution in [2.75, 3.05) is 6.61 Å². The molecule has 0 bridgehead atoms. The van der Waals surface area contributed by atoms with Gasteiger partial charge >= 0.3 is 0 Å². The summed E-state index contributed by atoms with van der Waals surface area (Å²) in [4.78, 5) is 0. The van der Waals surface area contributed by atoms with Gasteiger partial charge in [0.15, 0.2) is 0 Å². The standard InChI is InChI=1S/C10H12O2/c1-7-8-4-2-3-5-9(8)12-10(7)6-11/h2-5,7,10-11H,6H2,1H3. The largest absolute Gasteiger partial charge is 0.487 e. The molecule has 0 radical (unpaired) electrons. The van der Waals surface area contributed by atoms with Crippen LogP contribution in [0.2, 0.25) is 0 Å². The fourth-order valence-electron chi connectivity index (χ4n) is 1.62. The summed E-state index contributed by atoms with van der Waals surface area (Å²) in [5.74, 6) is 1.23. The van der Waals surface area contributed by atoms with Crippen molar-refractivity contribution in [2.24, 2.45) is 0 Å². The lowest BCUT2D eigenvalue weighted by Crippen LogP contribution is -2.20. The van der Waals surface area contributed by atoms with Crippen LogP contribution in [0.5, 0.6) is 5.75 Å². The lowest BCUT2D eigenvalue weighted by molar-refractivity contribution is 0.120. The van der Waals surface area contributed by atoms with Crippen LogP contribution < -0.4 is 4.74 Å². The van der Waals surface area contributed by atoms with Crippen molar-refractivity contribution in [1.29, 1.82) is 0 Å². The van der Waals surface area contributed by atoms with Gasteiger partial charge in [-0.25, -0.2) is 0 Å². The minimum atomic E-state index is -0.0533. The number of benzene rings is 1. The van der Waals surface area contributed by atoms with E-state index in [2.05, 4.69) is 13.0 Å². The van der Waals surface area contributed by atoms with Crippen molar-refractivity contribution in [3.8, 4) is 5.75 Å². The monoisotopic (exact) mass is 164 g/mol. The highest BCUT2D eigenvalue weighted by Crippen LogP contribution is 2.37. The third-order valence-electron chi connectivity index (χ3n) is 2.43. The maximum Gasteiger partial charge on any atom is 0.128 e. The second-order valence-corrected chi connectivity index (χ2v) is 3.17. The summed E-state index contributed by atoms with van der Waals surface area (Å²) < 4.78 is 5.52. The van der Waals surface area contributed by atoms with Crippen molar-refractivity contribution in [1.82, 2.24) is 0 Å². The van der Waals surface area contributed by atoms with Crippen LogP contribution in [0.3, 0.4) is 0 Å². The molecule has 0 fully saturated rings. The predicted octanol–water partition coefficient (Wildman–Crippen LogP) is 1.54. The van der Waals surface area contributed by atoms with Gasteiger partial charge in [0.2, 0.25) is 0 Å².